The third-order valence-corrected chi connectivity index (χ3v) is 8.65. The molecule has 0 aromatic heterocycles. The first-order valence-electron chi connectivity index (χ1n) is 12.5. The Balaban J connectivity index is 1.62. The molecule has 190 valence electrons. The summed E-state index contributed by atoms with van der Waals surface area (Å²) >= 11 is 3.51. The molecule has 1 saturated heterocycles. The average molecular weight is 568 g/mol. The van der Waals surface area contributed by atoms with Crippen LogP contribution in [-0.2, 0) is 19.9 Å². The molecule has 6 rings (SSSR count). The summed E-state index contributed by atoms with van der Waals surface area (Å²) in [6.07, 6.45) is -1.20. The average Bonchev–Trinajstić information content (AvgIpc) is 3.46. The quantitative estimate of drug-likeness (QED) is 0.323. The summed E-state index contributed by atoms with van der Waals surface area (Å²) in [4.78, 5) is 29.4. The van der Waals surface area contributed by atoms with Gasteiger partial charge in [0.2, 0.25) is 0 Å². The first-order chi connectivity index (χ1) is 18.5. The minimum atomic E-state index is -1.20. The predicted octanol–water partition coefficient (Wildman–Crippen LogP) is 5.50. The summed E-state index contributed by atoms with van der Waals surface area (Å²) in [5, 5.41) is 11.6. The Labute approximate surface area is 229 Å². The lowest BCUT2D eigenvalue weighted by atomic mass is 9.78. The number of aliphatic hydroxyl groups excluding tert-OH is 1. The summed E-state index contributed by atoms with van der Waals surface area (Å²) < 4.78 is 6.00. The van der Waals surface area contributed by atoms with Gasteiger partial charge in [0.25, 0.3) is 0 Å². The summed E-state index contributed by atoms with van der Waals surface area (Å²) in [6, 6.07) is 32.5. The van der Waals surface area contributed by atoms with E-state index in [2.05, 4.69) is 40.2 Å². The van der Waals surface area contributed by atoms with E-state index in [0.717, 1.165) is 27.8 Å². The van der Waals surface area contributed by atoms with Gasteiger partial charge in [0.05, 0.1) is 31.2 Å². The Morgan fingerprint density at radius 3 is 2.05 bits per heavy atom. The number of carbonyl (C=O) groups is 2. The molecular formula is C32H26BrNO4. The van der Waals surface area contributed by atoms with Crippen molar-refractivity contribution in [1.82, 2.24) is 4.90 Å². The molecule has 0 bridgehead atoms. The van der Waals surface area contributed by atoms with Gasteiger partial charge in [0.1, 0.15) is 6.04 Å². The molecule has 0 unspecified atom stereocenters. The van der Waals surface area contributed by atoms with Crippen molar-refractivity contribution in [3.05, 3.63) is 130 Å². The molecule has 4 aromatic rings. The number of aliphatic hydroxyl groups is 1. The zero-order valence-corrected chi connectivity index (χ0v) is 22.3. The number of fused-ring (bicyclic) bond motifs is 3. The number of rotatable bonds is 5. The molecule has 4 aromatic carbocycles. The zero-order chi connectivity index (χ0) is 26.4. The minimum absolute atomic E-state index is 0.0243. The molecule has 1 aliphatic heterocycles. The summed E-state index contributed by atoms with van der Waals surface area (Å²) in [5.41, 5.74) is 4.65. The van der Waals surface area contributed by atoms with Gasteiger partial charge < -0.3 is 9.84 Å². The molecule has 5 nitrogen and oxygen atoms in total. The van der Waals surface area contributed by atoms with E-state index in [4.69, 9.17) is 4.74 Å². The molecule has 1 N–H and O–H groups in total. The highest BCUT2D eigenvalue weighted by molar-refractivity contribution is 9.10. The molecule has 38 heavy (non-hydrogen) atoms. The second-order valence-corrected chi connectivity index (χ2v) is 10.6. The fraction of sp³-hybridized carbons (Fsp3) is 0.188. The fourth-order valence-electron chi connectivity index (χ4n) is 6.40. The molecule has 0 radical (unpaired) electrons. The Bertz CT molecular complexity index is 1490. The Hall–Kier alpha value is -3.58. The number of hydrogen-bond acceptors (Lipinski definition) is 5. The number of carbonyl (C=O) groups excluding carboxylic acids is 2. The highest BCUT2D eigenvalue weighted by Crippen LogP contribution is 2.57. The van der Waals surface area contributed by atoms with E-state index in [1.807, 2.05) is 77.7 Å². The van der Waals surface area contributed by atoms with Crippen LogP contribution in [0.2, 0.25) is 0 Å². The molecule has 1 fully saturated rings. The lowest BCUT2D eigenvalue weighted by Crippen LogP contribution is -2.54. The molecule has 2 aliphatic rings. The maximum atomic E-state index is 13.9. The van der Waals surface area contributed by atoms with Crippen LogP contribution in [0.3, 0.4) is 0 Å². The number of methoxy groups -OCH3 is 1. The number of ether oxygens (including phenoxy) is 1. The number of halogens is 1. The standard InChI is InChI=1S/C32H26BrNO4/c1-38-31(37)29-28(30(36)23-15-7-10-18-26(23)33)27(35)19-34(29)32(20-11-3-2-4-12-20)24-16-8-5-13-21(24)22-14-6-9-17-25(22)32/h2-18,28-30,36H,19H2,1H3/t28-,29-,30+/m0/s1. The van der Waals surface area contributed by atoms with Gasteiger partial charge in [0.15, 0.2) is 5.78 Å². The Kier molecular flexibility index (Phi) is 6.26. The SMILES string of the molecule is COC(=O)[C@@H]1[C@@H]([C@H](O)c2ccccc2Br)C(=O)CN1C1(c2ccccc2)c2ccccc2-c2ccccc21. The molecule has 1 heterocycles. The number of ketones is 1. The van der Waals surface area contributed by atoms with Crippen LogP contribution in [0, 0.1) is 5.92 Å². The topological polar surface area (TPSA) is 66.8 Å². The summed E-state index contributed by atoms with van der Waals surface area (Å²) in [6.45, 7) is -0.0243. The molecule has 6 heteroatoms. The van der Waals surface area contributed by atoms with Gasteiger partial charge >= 0.3 is 5.97 Å². The van der Waals surface area contributed by atoms with Crippen LogP contribution < -0.4 is 0 Å². The smallest absolute Gasteiger partial charge is 0.324 e. The number of hydrogen-bond donors (Lipinski definition) is 1. The van der Waals surface area contributed by atoms with Crippen LogP contribution in [0.5, 0.6) is 0 Å². The van der Waals surface area contributed by atoms with Crippen molar-refractivity contribution in [3.8, 4) is 11.1 Å². The van der Waals surface area contributed by atoms with Crippen molar-refractivity contribution in [3.63, 3.8) is 0 Å². The van der Waals surface area contributed by atoms with Gasteiger partial charge in [-0.25, -0.2) is 0 Å². The van der Waals surface area contributed by atoms with Crippen LogP contribution >= 0.6 is 15.9 Å². The van der Waals surface area contributed by atoms with Gasteiger partial charge in [-0.2, -0.15) is 0 Å². The molecule has 0 saturated carbocycles. The van der Waals surface area contributed by atoms with Crippen LogP contribution in [0.15, 0.2) is 108 Å². The van der Waals surface area contributed by atoms with Gasteiger partial charge in [-0.05, 0) is 39.4 Å². The van der Waals surface area contributed by atoms with Crippen LogP contribution in [0.25, 0.3) is 11.1 Å². The third-order valence-electron chi connectivity index (χ3n) is 7.93. The number of nitrogens with zero attached hydrogens (tertiary/aromatic N) is 1. The van der Waals surface area contributed by atoms with E-state index in [-0.39, 0.29) is 12.3 Å². The molecule has 0 amide bonds. The highest BCUT2D eigenvalue weighted by atomic mass is 79.9. The molecule has 0 spiro atoms. The van der Waals surface area contributed by atoms with E-state index in [1.165, 1.54) is 7.11 Å². The maximum absolute atomic E-state index is 13.9. The van der Waals surface area contributed by atoms with Crippen molar-refractivity contribution in [2.45, 2.75) is 17.7 Å². The number of benzene rings is 4. The largest absolute Gasteiger partial charge is 0.468 e. The first-order valence-corrected chi connectivity index (χ1v) is 13.3. The van der Waals surface area contributed by atoms with E-state index in [1.54, 1.807) is 6.07 Å². The maximum Gasteiger partial charge on any atom is 0.324 e. The number of esters is 1. The van der Waals surface area contributed by atoms with Gasteiger partial charge in [-0.1, -0.05) is 113 Å². The monoisotopic (exact) mass is 567 g/mol. The lowest BCUT2D eigenvalue weighted by molar-refractivity contribution is -0.151. The molecular weight excluding hydrogens is 542 g/mol. The highest BCUT2D eigenvalue weighted by Gasteiger charge is 2.60. The Morgan fingerprint density at radius 2 is 1.45 bits per heavy atom. The normalized spacial score (nSPS) is 20.6. The van der Waals surface area contributed by atoms with Crippen molar-refractivity contribution < 1.29 is 19.4 Å². The minimum Gasteiger partial charge on any atom is -0.468 e. The number of likely N-dealkylation sites (tertiary alicyclic amines) is 1. The van der Waals surface area contributed by atoms with Crippen LogP contribution in [0.1, 0.15) is 28.4 Å². The van der Waals surface area contributed by atoms with Crippen molar-refractivity contribution in [2.75, 3.05) is 13.7 Å². The van der Waals surface area contributed by atoms with E-state index in [0.29, 0.717) is 10.0 Å². The van der Waals surface area contributed by atoms with E-state index < -0.39 is 29.6 Å². The van der Waals surface area contributed by atoms with Crippen LogP contribution in [-0.4, -0.2) is 41.5 Å². The summed E-state index contributed by atoms with van der Waals surface area (Å²) in [7, 11) is 1.33. The van der Waals surface area contributed by atoms with Crippen molar-refractivity contribution >= 4 is 27.7 Å². The van der Waals surface area contributed by atoms with Crippen LogP contribution in [0.4, 0.5) is 0 Å². The first kappa shape index (κ1) is 24.7. The van der Waals surface area contributed by atoms with E-state index >= 15 is 0 Å². The fourth-order valence-corrected chi connectivity index (χ4v) is 6.92. The zero-order valence-electron chi connectivity index (χ0n) is 20.8. The summed E-state index contributed by atoms with van der Waals surface area (Å²) in [5.74, 6) is -1.77. The van der Waals surface area contributed by atoms with Crippen molar-refractivity contribution in [2.24, 2.45) is 5.92 Å². The second-order valence-electron chi connectivity index (χ2n) is 9.72. The van der Waals surface area contributed by atoms with Gasteiger partial charge in [-0.15, -0.1) is 0 Å². The van der Waals surface area contributed by atoms with Gasteiger partial charge in [-0.3, -0.25) is 14.5 Å². The molecule has 3 atom stereocenters. The molecule has 1 aliphatic carbocycles. The lowest BCUT2D eigenvalue weighted by Gasteiger charge is -2.44. The predicted molar refractivity (Wildman–Crippen MR) is 148 cm³/mol. The Morgan fingerprint density at radius 1 is 0.895 bits per heavy atom. The van der Waals surface area contributed by atoms with Crippen molar-refractivity contribution in [1.29, 1.82) is 0 Å². The van der Waals surface area contributed by atoms with E-state index in [9.17, 15) is 14.7 Å². The van der Waals surface area contributed by atoms with Gasteiger partial charge in [0, 0.05) is 4.47 Å². The third kappa shape index (κ3) is 3.52. The number of Topliss-reactive ketones (excluding diaryl/α,β-unsaturated/α-hetero) is 1. The second kappa shape index (κ2) is 9.62.